The number of halogens is 1. The summed E-state index contributed by atoms with van der Waals surface area (Å²) >= 11 is 0. The molecule has 0 aromatic heterocycles. The second-order valence-corrected chi connectivity index (χ2v) is 1.01. The van der Waals surface area contributed by atoms with E-state index in [1.165, 1.54) is 0 Å². The van der Waals surface area contributed by atoms with E-state index in [0.29, 0.717) is 0 Å². The highest BCUT2D eigenvalue weighted by molar-refractivity contribution is 8.93. The molecule has 0 radical (unpaired) electrons. The van der Waals surface area contributed by atoms with Gasteiger partial charge in [-0.2, -0.15) is 0 Å². The number of hydrogen-bond acceptors (Lipinski definition) is 1. The van der Waals surface area contributed by atoms with Crippen molar-refractivity contribution < 1.29 is 4.74 Å². The van der Waals surface area contributed by atoms with Gasteiger partial charge >= 0.3 is 0 Å². The molecule has 0 saturated heterocycles. The Balaban J connectivity index is 0.000000250. The standard InChI is InChI=1S/C4H6O.BrH/c1-2-4-5-3-1;/h1-2H,3-4H2;1H. The monoisotopic (exact) mass is 150 g/mol. The zero-order valence-electron chi connectivity index (χ0n) is 3.39. The van der Waals surface area contributed by atoms with Gasteiger partial charge in [-0.05, 0) is 0 Å². The molecule has 0 amide bonds. The molecule has 1 heterocycles. The first-order valence-electron chi connectivity index (χ1n) is 1.73. The Kier molecular flexibility index (Phi) is 3.47. The zero-order valence-corrected chi connectivity index (χ0v) is 5.10. The molecular formula is C4H7BrO. The molecule has 0 aromatic rings. The van der Waals surface area contributed by atoms with Crippen molar-refractivity contribution in [3.8, 4) is 0 Å². The van der Waals surface area contributed by atoms with Gasteiger partial charge in [-0.3, -0.25) is 0 Å². The van der Waals surface area contributed by atoms with Crippen LogP contribution in [0.4, 0.5) is 0 Å². The molecule has 0 spiro atoms. The Bertz CT molecular complexity index is 45.5. The van der Waals surface area contributed by atoms with Crippen molar-refractivity contribution in [3.05, 3.63) is 12.2 Å². The molecule has 1 rings (SSSR count). The van der Waals surface area contributed by atoms with E-state index in [0.717, 1.165) is 13.2 Å². The van der Waals surface area contributed by atoms with Gasteiger partial charge < -0.3 is 4.74 Å². The van der Waals surface area contributed by atoms with E-state index in [-0.39, 0.29) is 17.0 Å². The predicted molar refractivity (Wildman–Crippen MR) is 30.3 cm³/mol. The first-order chi connectivity index (χ1) is 2.50. The van der Waals surface area contributed by atoms with Gasteiger partial charge in [-0.15, -0.1) is 17.0 Å². The summed E-state index contributed by atoms with van der Waals surface area (Å²) in [6.07, 6.45) is 4.03. The summed E-state index contributed by atoms with van der Waals surface area (Å²) in [4.78, 5) is 0. The van der Waals surface area contributed by atoms with Crippen molar-refractivity contribution in [1.29, 1.82) is 0 Å². The fraction of sp³-hybridized carbons (Fsp3) is 0.500. The van der Waals surface area contributed by atoms with Crippen LogP contribution in [0.25, 0.3) is 0 Å². The van der Waals surface area contributed by atoms with Crippen LogP contribution < -0.4 is 0 Å². The molecule has 0 atom stereocenters. The average molecular weight is 151 g/mol. The molecular weight excluding hydrogens is 144 g/mol. The first-order valence-corrected chi connectivity index (χ1v) is 1.73. The van der Waals surface area contributed by atoms with Crippen molar-refractivity contribution in [2.75, 3.05) is 13.2 Å². The van der Waals surface area contributed by atoms with Crippen LogP contribution in [0.2, 0.25) is 0 Å². The minimum absolute atomic E-state index is 0. The van der Waals surface area contributed by atoms with Crippen molar-refractivity contribution in [1.82, 2.24) is 0 Å². The first kappa shape index (κ1) is 6.18. The second kappa shape index (κ2) is 3.37. The Hall–Kier alpha value is 0.180. The van der Waals surface area contributed by atoms with Crippen LogP contribution in [-0.4, -0.2) is 13.2 Å². The van der Waals surface area contributed by atoms with E-state index < -0.39 is 0 Å². The Morgan fingerprint density at radius 3 is 1.83 bits per heavy atom. The SMILES string of the molecule is Br.C1=CCOC1. The van der Waals surface area contributed by atoms with E-state index in [1.807, 2.05) is 12.2 Å². The maximum atomic E-state index is 4.83. The average Bonchev–Trinajstić information content (AvgIpc) is 1.76. The van der Waals surface area contributed by atoms with Crippen molar-refractivity contribution in [2.45, 2.75) is 0 Å². The summed E-state index contributed by atoms with van der Waals surface area (Å²) in [7, 11) is 0. The van der Waals surface area contributed by atoms with Gasteiger partial charge in [0.2, 0.25) is 0 Å². The van der Waals surface area contributed by atoms with Crippen LogP contribution in [0, 0.1) is 0 Å². The van der Waals surface area contributed by atoms with E-state index in [1.54, 1.807) is 0 Å². The van der Waals surface area contributed by atoms with Crippen LogP contribution >= 0.6 is 17.0 Å². The quantitative estimate of drug-likeness (QED) is 0.472. The fourth-order valence-electron chi connectivity index (χ4n) is 0.340. The molecule has 0 N–H and O–H groups in total. The van der Waals surface area contributed by atoms with Crippen molar-refractivity contribution in [2.24, 2.45) is 0 Å². The van der Waals surface area contributed by atoms with Crippen LogP contribution in [0.15, 0.2) is 12.2 Å². The number of ether oxygens (including phenoxy) is 1. The minimum Gasteiger partial charge on any atom is -0.373 e. The van der Waals surface area contributed by atoms with Crippen molar-refractivity contribution in [3.63, 3.8) is 0 Å². The molecule has 1 aliphatic heterocycles. The van der Waals surface area contributed by atoms with Crippen LogP contribution in [0.3, 0.4) is 0 Å². The Morgan fingerprint density at radius 1 is 1.17 bits per heavy atom. The topological polar surface area (TPSA) is 9.23 Å². The Labute approximate surface area is 47.8 Å². The highest BCUT2D eigenvalue weighted by atomic mass is 79.9. The lowest BCUT2D eigenvalue weighted by atomic mass is 10.6. The molecule has 36 valence electrons. The van der Waals surface area contributed by atoms with Gasteiger partial charge in [0.25, 0.3) is 0 Å². The molecule has 1 aliphatic rings. The number of rotatable bonds is 0. The van der Waals surface area contributed by atoms with E-state index in [9.17, 15) is 0 Å². The summed E-state index contributed by atoms with van der Waals surface area (Å²) in [6, 6.07) is 0. The maximum Gasteiger partial charge on any atom is 0.0652 e. The van der Waals surface area contributed by atoms with Crippen LogP contribution in [0.5, 0.6) is 0 Å². The van der Waals surface area contributed by atoms with E-state index in [2.05, 4.69) is 0 Å². The maximum absolute atomic E-state index is 4.83. The second-order valence-electron chi connectivity index (χ2n) is 1.01. The normalized spacial score (nSPS) is 17.3. The van der Waals surface area contributed by atoms with Gasteiger partial charge in [0.1, 0.15) is 0 Å². The van der Waals surface area contributed by atoms with E-state index >= 15 is 0 Å². The predicted octanol–water partition coefficient (Wildman–Crippen LogP) is 1.15. The molecule has 1 nitrogen and oxygen atoms in total. The van der Waals surface area contributed by atoms with E-state index in [4.69, 9.17) is 4.74 Å². The van der Waals surface area contributed by atoms with Crippen molar-refractivity contribution >= 4 is 17.0 Å². The smallest absolute Gasteiger partial charge is 0.0652 e. The molecule has 0 aromatic carbocycles. The van der Waals surface area contributed by atoms with Gasteiger partial charge in [0, 0.05) is 0 Å². The third-order valence-electron chi connectivity index (χ3n) is 0.595. The highest BCUT2D eigenvalue weighted by Crippen LogP contribution is 1.85. The molecule has 0 fully saturated rings. The van der Waals surface area contributed by atoms with Crippen LogP contribution in [-0.2, 0) is 4.74 Å². The van der Waals surface area contributed by atoms with Gasteiger partial charge in [-0.1, -0.05) is 12.2 Å². The van der Waals surface area contributed by atoms with Gasteiger partial charge in [-0.25, -0.2) is 0 Å². The summed E-state index contributed by atoms with van der Waals surface area (Å²) in [5.74, 6) is 0. The fourth-order valence-corrected chi connectivity index (χ4v) is 0.340. The zero-order chi connectivity index (χ0) is 3.54. The summed E-state index contributed by atoms with van der Waals surface area (Å²) < 4.78 is 4.83. The third kappa shape index (κ3) is 1.58. The largest absolute Gasteiger partial charge is 0.373 e. The van der Waals surface area contributed by atoms with Crippen LogP contribution in [0.1, 0.15) is 0 Å². The molecule has 2 heteroatoms. The summed E-state index contributed by atoms with van der Waals surface area (Å²) in [6.45, 7) is 1.64. The lowest BCUT2D eigenvalue weighted by molar-refractivity contribution is 0.213. The third-order valence-corrected chi connectivity index (χ3v) is 0.595. The highest BCUT2D eigenvalue weighted by Gasteiger charge is 1.83. The Morgan fingerprint density at radius 2 is 1.67 bits per heavy atom. The van der Waals surface area contributed by atoms with Gasteiger partial charge in [0.15, 0.2) is 0 Å². The number of hydrogen-bond donors (Lipinski definition) is 0. The molecule has 0 unspecified atom stereocenters. The minimum atomic E-state index is 0. The van der Waals surface area contributed by atoms with Gasteiger partial charge in [0.05, 0.1) is 13.2 Å². The molecule has 0 saturated carbocycles. The summed E-state index contributed by atoms with van der Waals surface area (Å²) in [5, 5.41) is 0. The molecule has 0 bridgehead atoms. The lowest BCUT2D eigenvalue weighted by Crippen LogP contribution is -1.76. The molecule has 6 heavy (non-hydrogen) atoms. The lowest BCUT2D eigenvalue weighted by Gasteiger charge is -1.77. The summed E-state index contributed by atoms with van der Waals surface area (Å²) in [5.41, 5.74) is 0. The molecule has 0 aliphatic carbocycles.